The summed E-state index contributed by atoms with van der Waals surface area (Å²) in [7, 11) is 1.54. The molecule has 1 fully saturated rings. The fourth-order valence-corrected chi connectivity index (χ4v) is 4.38. The number of carbonyl (C=O) groups excluding carboxylic acids is 2. The molecule has 2 aromatic heterocycles. The average Bonchev–Trinajstić information content (AvgIpc) is 3.37. The van der Waals surface area contributed by atoms with Gasteiger partial charge in [0.15, 0.2) is 5.76 Å². The molecule has 4 rings (SSSR count). The second-order valence-corrected chi connectivity index (χ2v) is 7.94. The van der Waals surface area contributed by atoms with Crippen LogP contribution in [0.5, 0.6) is 0 Å². The summed E-state index contributed by atoms with van der Waals surface area (Å²) in [6, 6.07) is 6.12. The van der Waals surface area contributed by atoms with E-state index in [1.165, 1.54) is 12.0 Å². The molecule has 168 valence electrons. The average molecular weight is 438 g/mol. The van der Waals surface area contributed by atoms with Crippen molar-refractivity contribution in [2.75, 3.05) is 51.3 Å². The van der Waals surface area contributed by atoms with Crippen molar-refractivity contribution in [3.05, 3.63) is 35.1 Å². The number of piperazine rings is 1. The van der Waals surface area contributed by atoms with Crippen molar-refractivity contribution < 1.29 is 18.7 Å². The molecule has 1 aliphatic carbocycles. The van der Waals surface area contributed by atoms with Crippen LogP contribution in [0, 0.1) is 11.3 Å². The Bertz CT molecular complexity index is 1020. The lowest BCUT2D eigenvalue weighted by Gasteiger charge is -2.36. The van der Waals surface area contributed by atoms with Gasteiger partial charge >= 0.3 is 11.8 Å². The molecule has 9 nitrogen and oxygen atoms in total. The monoisotopic (exact) mass is 437 g/mol. The highest BCUT2D eigenvalue weighted by Crippen LogP contribution is 2.36. The Morgan fingerprint density at radius 2 is 1.97 bits per heavy atom. The number of nitrogens with one attached hydrogen (secondary N) is 1. The number of methoxy groups -OCH3 is 1. The number of nitrogens with zero attached hydrogens (tertiary/aromatic N) is 4. The third-order valence-electron chi connectivity index (χ3n) is 6.02. The second-order valence-electron chi connectivity index (χ2n) is 7.94. The lowest BCUT2D eigenvalue weighted by molar-refractivity contribution is -0.146. The fraction of sp³-hybridized carbons (Fsp3) is 0.478. The van der Waals surface area contributed by atoms with E-state index in [0.717, 1.165) is 42.5 Å². The number of hydrogen-bond donors (Lipinski definition) is 1. The van der Waals surface area contributed by atoms with Gasteiger partial charge in [-0.05, 0) is 48.9 Å². The Balaban J connectivity index is 1.55. The van der Waals surface area contributed by atoms with E-state index in [0.29, 0.717) is 56.5 Å². The van der Waals surface area contributed by atoms with Crippen LogP contribution in [0.15, 0.2) is 22.8 Å². The van der Waals surface area contributed by atoms with Crippen molar-refractivity contribution in [2.45, 2.75) is 25.7 Å². The molecule has 0 unspecified atom stereocenters. The highest BCUT2D eigenvalue weighted by Gasteiger charge is 2.30. The zero-order valence-corrected chi connectivity index (χ0v) is 18.2. The van der Waals surface area contributed by atoms with Crippen LogP contribution in [0.1, 0.15) is 29.5 Å². The van der Waals surface area contributed by atoms with Crippen LogP contribution in [0.25, 0.3) is 11.5 Å². The van der Waals surface area contributed by atoms with E-state index in [2.05, 4.69) is 11.4 Å². The summed E-state index contributed by atoms with van der Waals surface area (Å²) in [5.74, 6) is 0.169. The molecule has 0 atom stereocenters. The van der Waals surface area contributed by atoms with Crippen LogP contribution < -0.4 is 10.2 Å². The van der Waals surface area contributed by atoms with E-state index in [4.69, 9.17) is 14.1 Å². The van der Waals surface area contributed by atoms with Gasteiger partial charge in [-0.1, -0.05) is 0 Å². The molecule has 1 saturated heterocycles. The summed E-state index contributed by atoms with van der Waals surface area (Å²) in [5.41, 5.74) is 3.58. The minimum Gasteiger partial charge on any atom is -0.463 e. The fourth-order valence-electron chi connectivity index (χ4n) is 4.38. The van der Waals surface area contributed by atoms with Crippen LogP contribution in [0.2, 0.25) is 0 Å². The second kappa shape index (κ2) is 9.83. The molecule has 2 amide bonds. The number of furan rings is 1. The number of amides is 2. The largest absolute Gasteiger partial charge is 0.463 e. The maximum Gasteiger partial charge on any atom is 0.312 e. The van der Waals surface area contributed by atoms with E-state index >= 15 is 0 Å². The quantitative estimate of drug-likeness (QED) is 0.557. The molecule has 1 aliphatic heterocycles. The Hall–Kier alpha value is -3.38. The van der Waals surface area contributed by atoms with Crippen molar-refractivity contribution in [1.82, 2.24) is 15.2 Å². The van der Waals surface area contributed by atoms with E-state index in [9.17, 15) is 14.9 Å². The van der Waals surface area contributed by atoms with E-state index in [1.807, 2.05) is 17.0 Å². The Morgan fingerprint density at radius 3 is 2.62 bits per heavy atom. The lowest BCUT2D eigenvalue weighted by atomic mass is 9.87. The first-order valence-corrected chi connectivity index (χ1v) is 10.9. The maximum absolute atomic E-state index is 12.4. The van der Waals surface area contributed by atoms with Gasteiger partial charge in [-0.25, -0.2) is 4.98 Å². The molecule has 9 heteroatoms. The maximum atomic E-state index is 12.4. The minimum absolute atomic E-state index is 0.293. The summed E-state index contributed by atoms with van der Waals surface area (Å²) in [6.45, 7) is 2.41. The molecule has 0 radical (unpaired) electrons. The number of aromatic nitrogens is 1. The summed E-state index contributed by atoms with van der Waals surface area (Å²) in [4.78, 5) is 33.0. The third-order valence-corrected chi connectivity index (χ3v) is 6.02. The first-order valence-electron chi connectivity index (χ1n) is 10.9. The minimum atomic E-state index is -0.625. The van der Waals surface area contributed by atoms with Gasteiger partial charge in [-0.2, -0.15) is 5.26 Å². The lowest BCUT2D eigenvalue weighted by Crippen LogP contribution is -2.53. The van der Waals surface area contributed by atoms with Crippen molar-refractivity contribution in [3.8, 4) is 17.5 Å². The topological polar surface area (TPSA) is 112 Å². The molecule has 0 saturated carbocycles. The smallest absolute Gasteiger partial charge is 0.312 e. The molecule has 1 N–H and O–H groups in total. The normalized spacial score (nSPS) is 15.8. The first-order chi connectivity index (χ1) is 15.6. The van der Waals surface area contributed by atoms with Crippen LogP contribution in [0.3, 0.4) is 0 Å². The Kier molecular flexibility index (Phi) is 6.71. The van der Waals surface area contributed by atoms with Gasteiger partial charge in [0.05, 0.1) is 18.4 Å². The molecule has 32 heavy (non-hydrogen) atoms. The van der Waals surface area contributed by atoms with E-state index in [-0.39, 0.29) is 0 Å². The Morgan fingerprint density at radius 1 is 1.22 bits per heavy atom. The molecule has 0 aromatic carbocycles. The zero-order valence-electron chi connectivity index (χ0n) is 18.2. The molecule has 3 heterocycles. The van der Waals surface area contributed by atoms with Gasteiger partial charge in [0.25, 0.3) is 0 Å². The van der Waals surface area contributed by atoms with Gasteiger partial charge < -0.3 is 24.3 Å². The molecule has 0 bridgehead atoms. The van der Waals surface area contributed by atoms with Crippen LogP contribution >= 0.6 is 0 Å². The molecule has 2 aromatic rings. The number of hydrogen-bond acceptors (Lipinski definition) is 7. The van der Waals surface area contributed by atoms with Crippen LogP contribution in [-0.4, -0.2) is 68.1 Å². The SMILES string of the molecule is COCCNC(=O)C(=O)N1CCN(c2nc(-c3ccco3)c3c(c2C#N)CCCC3)CC1. The number of anilines is 1. The molecule has 0 spiro atoms. The van der Waals surface area contributed by atoms with Crippen molar-refractivity contribution >= 4 is 17.6 Å². The summed E-state index contributed by atoms with van der Waals surface area (Å²) >= 11 is 0. The standard InChI is InChI=1S/C23H27N5O4/c1-31-14-8-25-22(29)23(30)28-11-9-27(10-12-28)21-18(15-24)16-5-2-3-6-17(16)20(26-21)19-7-4-13-32-19/h4,7,13H,2-3,5-6,8-12,14H2,1H3,(H,25,29). The van der Waals surface area contributed by atoms with E-state index in [1.54, 1.807) is 6.26 Å². The summed E-state index contributed by atoms with van der Waals surface area (Å²) < 4.78 is 10.5. The summed E-state index contributed by atoms with van der Waals surface area (Å²) in [5, 5.41) is 12.5. The van der Waals surface area contributed by atoms with Gasteiger partial charge in [0.1, 0.15) is 17.6 Å². The molecule has 2 aliphatic rings. The number of nitriles is 1. The van der Waals surface area contributed by atoms with Crippen LogP contribution in [-0.2, 0) is 27.2 Å². The predicted molar refractivity (Wildman–Crippen MR) is 117 cm³/mol. The number of ether oxygens (including phenoxy) is 1. The van der Waals surface area contributed by atoms with Crippen LogP contribution in [0.4, 0.5) is 5.82 Å². The van der Waals surface area contributed by atoms with E-state index < -0.39 is 11.8 Å². The number of carbonyl (C=O) groups is 2. The van der Waals surface area contributed by atoms with Crippen molar-refractivity contribution in [1.29, 1.82) is 5.26 Å². The first kappa shape index (κ1) is 21.8. The van der Waals surface area contributed by atoms with Gasteiger partial charge in [-0.15, -0.1) is 0 Å². The number of pyridine rings is 1. The third kappa shape index (κ3) is 4.32. The zero-order chi connectivity index (χ0) is 22.5. The Labute approximate surface area is 186 Å². The highest BCUT2D eigenvalue weighted by atomic mass is 16.5. The van der Waals surface area contributed by atoms with Gasteiger partial charge in [-0.3, -0.25) is 9.59 Å². The van der Waals surface area contributed by atoms with Gasteiger partial charge in [0.2, 0.25) is 0 Å². The highest BCUT2D eigenvalue weighted by molar-refractivity contribution is 6.35. The number of rotatable bonds is 5. The predicted octanol–water partition coefficient (Wildman–Crippen LogP) is 1.50. The summed E-state index contributed by atoms with van der Waals surface area (Å²) in [6.07, 6.45) is 5.48. The van der Waals surface area contributed by atoms with Gasteiger partial charge in [0, 0.05) is 39.8 Å². The molecular weight excluding hydrogens is 410 g/mol. The van der Waals surface area contributed by atoms with Crippen molar-refractivity contribution in [2.24, 2.45) is 0 Å². The molecular formula is C23H27N5O4. The van der Waals surface area contributed by atoms with Crippen molar-refractivity contribution in [3.63, 3.8) is 0 Å². The number of fused-ring (bicyclic) bond motifs is 1.